The Morgan fingerprint density at radius 2 is 2.40 bits per heavy atom. The van der Waals surface area contributed by atoms with Gasteiger partial charge in [-0.2, -0.15) is 0 Å². The number of thiophene rings is 1. The van der Waals surface area contributed by atoms with E-state index in [1.54, 1.807) is 0 Å². The number of likely N-dealkylation sites (tertiary alicyclic amines) is 1. The highest BCUT2D eigenvalue weighted by Crippen LogP contribution is 2.28. The first-order valence-corrected chi connectivity index (χ1v) is 7.84. The highest BCUT2D eigenvalue weighted by atomic mass is 79.9. The highest BCUT2D eigenvalue weighted by molar-refractivity contribution is 9.10. The minimum Gasteiger partial charge on any atom is -0.297 e. The van der Waals surface area contributed by atoms with Gasteiger partial charge in [-0.1, -0.05) is 22.9 Å². The zero-order valence-electron chi connectivity index (χ0n) is 8.75. The number of hydrogen-bond donors (Lipinski definition) is 0. The van der Waals surface area contributed by atoms with Crippen molar-refractivity contribution in [2.24, 2.45) is 5.92 Å². The highest BCUT2D eigenvalue weighted by Gasteiger charge is 2.24. The molecule has 1 aromatic heterocycles. The lowest BCUT2D eigenvalue weighted by Crippen LogP contribution is -2.39. The lowest BCUT2D eigenvalue weighted by atomic mass is 9.99. The molecule has 84 valence electrons. The Labute approximate surface area is 112 Å². The van der Waals surface area contributed by atoms with Gasteiger partial charge in [-0.05, 0) is 46.3 Å². The number of halogens is 2. The van der Waals surface area contributed by atoms with Gasteiger partial charge in [0.1, 0.15) is 0 Å². The number of nitrogens with zero attached hydrogens (tertiary/aromatic N) is 1. The standard InChI is InChI=1S/C11H15Br2NS/c1-8-2-4-14(6-10(8)13)7-11-9(12)3-5-15-11/h3,5,8,10H,2,4,6-7H2,1H3. The van der Waals surface area contributed by atoms with Crippen molar-refractivity contribution in [3.05, 3.63) is 20.8 Å². The normalized spacial score (nSPS) is 28.2. The van der Waals surface area contributed by atoms with Gasteiger partial charge in [0.2, 0.25) is 0 Å². The van der Waals surface area contributed by atoms with Crippen LogP contribution in [0, 0.1) is 5.92 Å². The van der Waals surface area contributed by atoms with Gasteiger partial charge in [-0.25, -0.2) is 0 Å². The molecule has 0 N–H and O–H groups in total. The van der Waals surface area contributed by atoms with Crippen molar-refractivity contribution < 1.29 is 0 Å². The summed E-state index contributed by atoms with van der Waals surface area (Å²) in [6.07, 6.45) is 1.30. The second-order valence-electron chi connectivity index (χ2n) is 4.21. The summed E-state index contributed by atoms with van der Waals surface area (Å²) in [7, 11) is 0. The van der Waals surface area contributed by atoms with Crippen LogP contribution >= 0.6 is 43.2 Å². The minimum absolute atomic E-state index is 0.657. The largest absolute Gasteiger partial charge is 0.297 e. The van der Waals surface area contributed by atoms with Crippen molar-refractivity contribution in [1.29, 1.82) is 0 Å². The predicted molar refractivity (Wildman–Crippen MR) is 73.8 cm³/mol. The molecular formula is C11H15Br2NS. The first-order chi connectivity index (χ1) is 7.16. The van der Waals surface area contributed by atoms with Crippen molar-refractivity contribution in [1.82, 2.24) is 4.90 Å². The number of piperidine rings is 1. The molecule has 0 aromatic carbocycles. The van der Waals surface area contributed by atoms with Crippen LogP contribution in [-0.4, -0.2) is 22.8 Å². The molecule has 15 heavy (non-hydrogen) atoms. The Hall–Kier alpha value is 0.620. The Kier molecular flexibility index (Phi) is 4.27. The fourth-order valence-electron chi connectivity index (χ4n) is 1.87. The molecule has 1 nitrogen and oxygen atoms in total. The van der Waals surface area contributed by atoms with E-state index in [9.17, 15) is 0 Å². The zero-order valence-corrected chi connectivity index (χ0v) is 12.7. The summed E-state index contributed by atoms with van der Waals surface area (Å²) in [6, 6.07) is 2.14. The van der Waals surface area contributed by atoms with E-state index in [1.807, 2.05) is 11.3 Å². The summed E-state index contributed by atoms with van der Waals surface area (Å²) in [5, 5.41) is 2.15. The van der Waals surface area contributed by atoms with E-state index in [2.05, 4.69) is 55.1 Å². The second kappa shape index (κ2) is 5.30. The van der Waals surface area contributed by atoms with Gasteiger partial charge in [0.05, 0.1) is 0 Å². The van der Waals surface area contributed by atoms with Gasteiger partial charge in [-0.15, -0.1) is 11.3 Å². The minimum atomic E-state index is 0.657. The molecule has 2 atom stereocenters. The summed E-state index contributed by atoms with van der Waals surface area (Å²) < 4.78 is 1.26. The van der Waals surface area contributed by atoms with E-state index < -0.39 is 0 Å². The molecule has 1 fully saturated rings. The molecule has 2 heterocycles. The molecule has 0 bridgehead atoms. The quantitative estimate of drug-likeness (QED) is 0.724. The third-order valence-corrected chi connectivity index (χ3v) is 6.11. The SMILES string of the molecule is CC1CCN(Cc2sccc2Br)CC1Br. The molecule has 2 rings (SSSR count). The molecule has 1 aliphatic rings. The van der Waals surface area contributed by atoms with Crippen LogP contribution < -0.4 is 0 Å². The number of alkyl halides is 1. The van der Waals surface area contributed by atoms with Gasteiger partial charge < -0.3 is 0 Å². The van der Waals surface area contributed by atoms with Crippen LogP contribution in [0.15, 0.2) is 15.9 Å². The van der Waals surface area contributed by atoms with Gasteiger partial charge in [0.15, 0.2) is 0 Å². The molecule has 0 radical (unpaired) electrons. The van der Waals surface area contributed by atoms with E-state index in [4.69, 9.17) is 0 Å². The lowest BCUT2D eigenvalue weighted by Gasteiger charge is -2.33. The van der Waals surface area contributed by atoms with Crippen molar-refractivity contribution in [3.8, 4) is 0 Å². The summed E-state index contributed by atoms with van der Waals surface area (Å²) >= 11 is 9.20. The van der Waals surface area contributed by atoms with Crippen molar-refractivity contribution >= 4 is 43.2 Å². The molecule has 1 aliphatic heterocycles. The molecule has 0 amide bonds. The Morgan fingerprint density at radius 3 is 3.00 bits per heavy atom. The van der Waals surface area contributed by atoms with Crippen LogP contribution in [0.3, 0.4) is 0 Å². The molecule has 4 heteroatoms. The fraction of sp³-hybridized carbons (Fsp3) is 0.636. The van der Waals surface area contributed by atoms with Crippen LogP contribution in [0.4, 0.5) is 0 Å². The molecule has 1 saturated heterocycles. The molecule has 0 saturated carbocycles. The molecule has 0 spiro atoms. The fourth-order valence-corrected chi connectivity index (χ4v) is 4.06. The van der Waals surface area contributed by atoms with Gasteiger partial charge >= 0.3 is 0 Å². The summed E-state index contributed by atoms with van der Waals surface area (Å²) in [6.45, 7) is 5.82. The summed E-state index contributed by atoms with van der Waals surface area (Å²) in [5.74, 6) is 0.813. The van der Waals surface area contributed by atoms with Crippen LogP contribution in [0.25, 0.3) is 0 Å². The van der Waals surface area contributed by atoms with E-state index in [0.29, 0.717) is 4.83 Å². The van der Waals surface area contributed by atoms with Crippen molar-refractivity contribution in [2.45, 2.75) is 24.7 Å². The molecular weight excluding hydrogens is 338 g/mol. The van der Waals surface area contributed by atoms with E-state index in [1.165, 1.54) is 28.9 Å². The zero-order chi connectivity index (χ0) is 10.8. The third kappa shape index (κ3) is 3.05. The third-order valence-electron chi connectivity index (χ3n) is 3.01. The Morgan fingerprint density at radius 1 is 1.60 bits per heavy atom. The first kappa shape index (κ1) is 12.1. The van der Waals surface area contributed by atoms with Crippen molar-refractivity contribution in [2.75, 3.05) is 13.1 Å². The van der Waals surface area contributed by atoms with Crippen LogP contribution in [0.2, 0.25) is 0 Å². The van der Waals surface area contributed by atoms with Crippen LogP contribution in [0.5, 0.6) is 0 Å². The average Bonchev–Trinajstić information content (AvgIpc) is 2.59. The van der Waals surface area contributed by atoms with Gasteiger partial charge in [-0.3, -0.25) is 4.90 Å². The van der Waals surface area contributed by atoms with Crippen molar-refractivity contribution in [3.63, 3.8) is 0 Å². The predicted octanol–water partition coefficient (Wildman–Crippen LogP) is 4.12. The maximum atomic E-state index is 3.77. The van der Waals surface area contributed by atoms with E-state index in [0.717, 1.165) is 12.5 Å². The summed E-state index contributed by atoms with van der Waals surface area (Å²) in [5.41, 5.74) is 0. The van der Waals surface area contributed by atoms with Crippen LogP contribution in [0.1, 0.15) is 18.2 Å². The smallest absolute Gasteiger partial charge is 0.0339 e. The first-order valence-electron chi connectivity index (χ1n) is 5.25. The van der Waals surface area contributed by atoms with E-state index in [-0.39, 0.29) is 0 Å². The summed E-state index contributed by atoms with van der Waals surface area (Å²) in [4.78, 5) is 4.64. The molecule has 0 aliphatic carbocycles. The van der Waals surface area contributed by atoms with Crippen LogP contribution in [-0.2, 0) is 6.54 Å². The van der Waals surface area contributed by atoms with E-state index >= 15 is 0 Å². The average molecular weight is 353 g/mol. The topological polar surface area (TPSA) is 3.24 Å². The monoisotopic (exact) mass is 351 g/mol. The lowest BCUT2D eigenvalue weighted by molar-refractivity contribution is 0.195. The second-order valence-corrected chi connectivity index (χ2v) is 7.24. The maximum Gasteiger partial charge on any atom is 0.0339 e. The number of hydrogen-bond acceptors (Lipinski definition) is 2. The molecule has 1 aromatic rings. The Balaban J connectivity index is 1.94. The molecule has 2 unspecified atom stereocenters. The maximum absolute atomic E-state index is 3.77. The number of rotatable bonds is 2. The van der Waals surface area contributed by atoms with Gasteiger partial charge in [0.25, 0.3) is 0 Å². The van der Waals surface area contributed by atoms with Gasteiger partial charge in [0, 0.05) is 27.3 Å². The Bertz CT molecular complexity index is 326.